The van der Waals surface area contributed by atoms with Gasteiger partial charge in [0.15, 0.2) is 5.13 Å². The van der Waals surface area contributed by atoms with E-state index in [1.807, 2.05) is 24.4 Å². The highest BCUT2D eigenvalue weighted by molar-refractivity contribution is 7.93. The van der Waals surface area contributed by atoms with Crippen LogP contribution in [0.25, 0.3) is 10.6 Å². The lowest BCUT2D eigenvalue weighted by Crippen LogP contribution is -2.12. The van der Waals surface area contributed by atoms with Gasteiger partial charge in [-0.2, -0.15) is 0 Å². The Kier molecular flexibility index (Phi) is 5.40. The minimum atomic E-state index is -3.79. The van der Waals surface area contributed by atoms with Crippen molar-refractivity contribution >= 4 is 43.8 Å². The van der Waals surface area contributed by atoms with Crippen LogP contribution in [0, 0.1) is 6.92 Å². The number of ether oxygens (including phenoxy) is 1. The molecule has 9 heteroatoms. The number of aryl methyl sites for hydroxylation is 1. The van der Waals surface area contributed by atoms with Crippen molar-refractivity contribution in [2.45, 2.75) is 18.7 Å². The summed E-state index contributed by atoms with van der Waals surface area (Å²) in [5, 5.41) is 1.98. The van der Waals surface area contributed by atoms with Crippen molar-refractivity contribution in [1.29, 1.82) is 0 Å². The molecule has 0 spiro atoms. The van der Waals surface area contributed by atoms with Crippen LogP contribution in [0.2, 0.25) is 0 Å². The van der Waals surface area contributed by atoms with Crippen LogP contribution in [-0.4, -0.2) is 26.0 Å². The Morgan fingerprint density at radius 3 is 2.58 bits per heavy atom. The van der Waals surface area contributed by atoms with Crippen LogP contribution >= 0.6 is 22.7 Å². The molecule has 0 fully saturated rings. The molecule has 0 amide bonds. The van der Waals surface area contributed by atoms with E-state index >= 15 is 0 Å². The Bertz CT molecular complexity index is 1010. The van der Waals surface area contributed by atoms with Gasteiger partial charge in [0.25, 0.3) is 10.0 Å². The number of carbonyl (C=O) groups is 1. The minimum Gasteiger partial charge on any atom is -0.462 e. The fourth-order valence-electron chi connectivity index (χ4n) is 2.17. The number of nitrogens with zero attached hydrogens (tertiary/aromatic N) is 1. The highest BCUT2D eigenvalue weighted by Gasteiger charge is 2.24. The zero-order chi connectivity index (χ0) is 18.7. The number of anilines is 1. The van der Waals surface area contributed by atoms with Gasteiger partial charge in [-0.1, -0.05) is 35.1 Å². The second-order valence-corrected chi connectivity index (χ2v) is 8.94. The normalized spacial score (nSPS) is 11.3. The highest BCUT2D eigenvalue weighted by atomic mass is 32.2. The number of nitrogens with one attached hydrogen (secondary N) is 1. The van der Waals surface area contributed by atoms with Crippen molar-refractivity contribution in [3.63, 3.8) is 0 Å². The van der Waals surface area contributed by atoms with E-state index in [1.54, 1.807) is 19.1 Å². The number of aromatic nitrogens is 1. The van der Waals surface area contributed by atoms with Gasteiger partial charge in [-0.25, -0.2) is 18.2 Å². The third-order valence-corrected chi connectivity index (χ3v) is 6.71. The van der Waals surface area contributed by atoms with Crippen molar-refractivity contribution in [3.8, 4) is 10.6 Å². The SMILES string of the molecule is CCOC(=O)c1sc(NS(=O)(=O)c2ccc(C)cc2)nc1-c1cccs1. The summed E-state index contributed by atoms with van der Waals surface area (Å²) < 4.78 is 32.6. The molecular weight excluding hydrogens is 392 g/mol. The zero-order valence-electron chi connectivity index (χ0n) is 14.1. The average Bonchev–Trinajstić information content (AvgIpc) is 3.24. The highest BCUT2D eigenvalue weighted by Crippen LogP contribution is 2.35. The Morgan fingerprint density at radius 1 is 1.23 bits per heavy atom. The van der Waals surface area contributed by atoms with E-state index in [0.29, 0.717) is 5.69 Å². The first kappa shape index (κ1) is 18.6. The van der Waals surface area contributed by atoms with E-state index in [4.69, 9.17) is 4.74 Å². The number of carbonyl (C=O) groups excluding carboxylic acids is 1. The Balaban J connectivity index is 1.97. The van der Waals surface area contributed by atoms with Gasteiger partial charge in [0.05, 0.1) is 16.4 Å². The maximum Gasteiger partial charge on any atom is 0.350 e. The standard InChI is InChI=1S/C17H16N2O4S3/c1-3-23-16(20)15-14(13-5-4-10-24-13)18-17(25-15)19-26(21,22)12-8-6-11(2)7-9-12/h4-10H,3H2,1-2H3,(H,18,19). The first-order chi connectivity index (χ1) is 12.4. The second kappa shape index (κ2) is 7.56. The lowest BCUT2D eigenvalue weighted by Gasteiger charge is -2.05. The van der Waals surface area contributed by atoms with Crippen molar-refractivity contribution < 1.29 is 17.9 Å². The van der Waals surface area contributed by atoms with Gasteiger partial charge < -0.3 is 4.74 Å². The molecule has 0 saturated carbocycles. The van der Waals surface area contributed by atoms with Crippen molar-refractivity contribution in [1.82, 2.24) is 4.98 Å². The predicted octanol–water partition coefficient (Wildman–Crippen LogP) is 4.16. The molecule has 0 aliphatic rings. The molecule has 0 radical (unpaired) electrons. The molecule has 1 N–H and O–H groups in total. The molecule has 0 atom stereocenters. The first-order valence-electron chi connectivity index (χ1n) is 7.72. The van der Waals surface area contributed by atoms with Gasteiger partial charge in [0, 0.05) is 0 Å². The number of esters is 1. The molecule has 2 aromatic heterocycles. The summed E-state index contributed by atoms with van der Waals surface area (Å²) in [6.07, 6.45) is 0. The van der Waals surface area contributed by atoms with Gasteiger partial charge in [-0.15, -0.1) is 11.3 Å². The van der Waals surface area contributed by atoms with E-state index < -0.39 is 16.0 Å². The molecular formula is C17H16N2O4S3. The van der Waals surface area contributed by atoms with E-state index in [9.17, 15) is 13.2 Å². The molecule has 1 aromatic carbocycles. The van der Waals surface area contributed by atoms with Gasteiger partial charge in [-0.05, 0) is 37.4 Å². The summed E-state index contributed by atoms with van der Waals surface area (Å²) in [5.41, 5.74) is 1.38. The zero-order valence-corrected chi connectivity index (χ0v) is 16.5. The van der Waals surface area contributed by atoms with Crippen molar-refractivity contribution in [2.24, 2.45) is 0 Å². The largest absolute Gasteiger partial charge is 0.462 e. The lowest BCUT2D eigenvalue weighted by atomic mass is 10.2. The Labute approximate surface area is 159 Å². The Hall–Kier alpha value is -2.23. The van der Waals surface area contributed by atoms with Crippen molar-refractivity contribution in [3.05, 3.63) is 52.2 Å². The van der Waals surface area contributed by atoms with E-state index in [2.05, 4.69) is 9.71 Å². The van der Waals surface area contributed by atoms with Crippen LogP contribution in [0.3, 0.4) is 0 Å². The summed E-state index contributed by atoms with van der Waals surface area (Å²) in [4.78, 5) is 17.7. The maximum absolute atomic E-state index is 12.6. The molecule has 0 aliphatic heterocycles. The molecule has 2 heterocycles. The summed E-state index contributed by atoms with van der Waals surface area (Å²) in [6, 6.07) is 10.1. The number of thiazole rings is 1. The maximum atomic E-state index is 12.6. The minimum absolute atomic E-state index is 0.122. The Morgan fingerprint density at radius 2 is 1.96 bits per heavy atom. The van der Waals surface area contributed by atoms with E-state index in [-0.39, 0.29) is 21.5 Å². The van der Waals surface area contributed by atoms with Crippen LogP contribution in [0.1, 0.15) is 22.2 Å². The van der Waals surface area contributed by atoms with Crippen LogP contribution in [0.4, 0.5) is 5.13 Å². The lowest BCUT2D eigenvalue weighted by molar-refractivity contribution is 0.0532. The molecule has 0 bridgehead atoms. The summed E-state index contributed by atoms with van der Waals surface area (Å²) in [6.45, 7) is 3.82. The van der Waals surface area contributed by atoms with E-state index in [0.717, 1.165) is 21.8 Å². The van der Waals surface area contributed by atoms with Gasteiger partial charge in [0.1, 0.15) is 10.6 Å². The fraction of sp³-hybridized carbons (Fsp3) is 0.176. The van der Waals surface area contributed by atoms with Crippen LogP contribution in [0.5, 0.6) is 0 Å². The number of benzene rings is 1. The molecule has 6 nitrogen and oxygen atoms in total. The summed E-state index contributed by atoms with van der Waals surface area (Å²) >= 11 is 2.38. The van der Waals surface area contributed by atoms with Crippen LogP contribution in [-0.2, 0) is 14.8 Å². The summed E-state index contributed by atoms with van der Waals surface area (Å²) in [7, 11) is -3.79. The number of hydrogen-bond donors (Lipinski definition) is 1. The fourth-order valence-corrected chi connectivity index (χ4v) is 5.06. The van der Waals surface area contributed by atoms with Gasteiger partial charge in [0.2, 0.25) is 0 Å². The van der Waals surface area contributed by atoms with Crippen LogP contribution in [0.15, 0.2) is 46.7 Å². The first-order valence-corrected chi connectivity index (χ1v) is 10.9. The quantitative estimate of drug-likeness (QED) is 0.619. The number of rotatable bonds is 6. The van der Waals surface area contributed by atoms with Crippen LogP contribution < -0.4 is 4.72 Å². The van der Waals surface area contributed by atoms with Crippen molar-refractivity contribution in [2.75, 3.05) is 11.3 Å². The second-order valence-electron chi connectivity index (χ2n) is 5.31. The molecule has 3 aromatic rings. The third-order valence-electron chi connectivity index (χ3n) is 3.40. The molecule has 136 valence electrons. The smallest absolute Gasteiger partial charge is 0.350 e. The van der Waals surface area contributed by atoms with Gasteiger partial charge >= 0.3 is 5.97 Å². The number of sulfonamides is 1. The molecule has 26 heavy (non-hydrogen) atoms. The monoisotopic (exact) mass is 408 g/mol. The van der Waals surface area contributed by atoms with Gasteiger partial charge in [-0.3, -0.25) is 4.72 Å². The number of thiophene rings is 1. The molecule has 0 unspecified atom stereocenters. The average molecular weight is 409 g/mol. The van der Waals surface area contributed by atoms with E-state index in [1.165, 1.54) is 23.5 Å². The predicted molar refractivity (Wildman–Crippen MR) is 103 cm³/mol. The summed E-state index contributed by atoms with van der Waals surface area (Å²) in [5.74, 6) is -0.519. The molecule has 3 rings (SSSR count). The molecule has 0 saturated heterocycles. The topological polar surface area (TPSA) is 85.4 Å². The third kappa shape index (κ3) is 3.95. The number of hydrogen-bond acceptors (Lipinski definition) is 7. The molecule has 0 aliphatic carbocycles.